The molecule has 156 valence electrons. The molecule has 7 heteroatoms. The molecule has 4 rings (SSSR count). The Morgan fingerprint density at radius 1 is 1.10 bits per heavy atom. The van der Waals surface area contributed by atoms with E-state index in [0.717, 1.165) is 31.4 Å². The fraction of sp³-hybridized carbons (Fsp3) is 0.125. The number of nitrogens with one attached hydrogen (secondary N) is 1. The van der Waals surface area contributed by atoms with Crippen LogP contribution in [0.25, 0.3) is 10.2 Å². The smallest absolute Gasteiger partial charge is 0.250 e. The minimum Gasteiger partial charge on any atom is -0.489 e. The molecule has 1 heterocycles. The Morgan fingerprint density at radius 3 is 2.65 bits per heavy atom. The van der Waals surface area contributed by atoms with Gasteiger partial charge in [0.15, 0.2) is 4.34 Å². The lowest BCUT2D eigenvalue weighted by Gasteiger charge is -2.06. The summed E-state index contributed by atoms with van der Waals surface area (Å²) in [6, 6.07) is 23.8. The molecule has 3 aromatic carbocycles. The first-order valence-corrected chi connectivity index (χ1v) is 11.5. The van der Waals surface area contributed by atoms with Crippen molar-refractivity contribution in [2.24, 2.45) is 5.10 Å². The summed E-state index contributed by atoms with van der Waals surface area (Å²) in [5.74, 6) is 0.885. The maximum absolute atomic E-state index is 12.0. The van der Waals surface area contributed by atoms with Crippen LogP contribution < -0.4 is 10.2 Å². The number of rotatable bonds is 8. The third-order valence-electron chi connectivity index (χ3n) is 4.41. The van der Waals surface area contributed by atoms with Gasteiger partial charge in [-0.25, -0.2) is 10.4 Å². The number of thiazole rings is 1. The van der Waals surface area contributed by atoms with Crippen molar-refractivity contribution in [3.05, 3.63) is 89.5 Å². The van der Waals surface area contributed by atoms with Crippen molar-refractivity contribution < 1.29 is 9.53 Å². The van der Waals surface area contributed by atoms with E-state index in [1.807, 2.05) is 48.5 Å². The second kappa shape index (κ2) is 10.2. The van der Waals surface area contributed by atoms with Crippen molar-refractivity contribution in [1.82, 2.24) is 10.4 Å². The molecule has 0 unspecified atom stereocenters. The topological polar surface area (TPSA) is 63.6 Å². The fourth-order valence-electron chi connectivity index (χ4n) is 2.75. The number of hydrogen-bond donors (Lipinski definition) is 1. The van der Waals surface area contributed by atoms with Crippen LogP contribution in [0.1, 0.15) is 16.7 Å². The second-order valence-electron chi connectivity index (χ2n) is 6.87. The average molecular weight is 448 g/mol. The van der Waals surface area contributed by atoms with E-state index in [4.69, 9.17) is 4.74 Å². The number of thioether (sulfide) groups is 1. The largest absolute Gasteiger partial charge is 0.489 e. The number of hydrazone groups is 1. The number of para-hydroxylation sites is 1. The van der Waals surface area contributed by atoms with Crippen LogP contribution in [0.15, 0.2) is 82.2 Å². The van der Waals surface area contributed by atoms with E-state index < -0.39 is 0 Å². The van der Waals surface area contributed by atoms with Crippen LogP contribution in [0.4, 0.5) is 0 Å². The van der Waals surface area contributed by atoms with Gasteiger partial charge >= 0.3 is 0 Å². The zero-order valence-corrected chi connectivity index (χ0v) is 18.6. The molecule has 0 fully saturated rings. The van der Waals surface area contributed by atoms with Gasteiger partial charge in [-0.1, -0.05) is 53.7 Å². The Morgan fingerprint density at radius 2 is 1.87 bits per heavy atom. The van der Waals surface area contributed by atoms with Gasteiger partial charge in [0.25, 0.3) is 5.91 Å². The van der Waals surface area contributed by atoms with E-state index >= 15 is 0 Å². The lowest BCUT2D eigenvalue weighted by molar-refractivity contribution is -0.118. The highest BCUT2D eigenvalue weighted by atomic mass is 32.2. The molecule has 0 atom stereocenters. The van der Waals surface area contributed by atoms with Gasteiger partial charge in [0.2, 0.25) is 0 Å². The molecular formula is C24H21N3O2S2. The third-order valence-corrected chi connectivity index (χ3v) is 6.59. The summed E-state index contributed by atoms with van der Waals surface area (Å²) in [4.78, 5) is 16.5. The molecule has 0 aliphatic carbocycles. The maximum Gasteiger partial charge on any atom is 0.250 e. The number of benzene rings is 3. The average Bonchev–Trinajstić information content (AvgIpc) is 3.21. The molecular weight excluding hydrogens is 426 g/mol. The molecule has 31 heavy (non-hydrogen) atoms. The zero-order chi connectivity index (χ0) is 21.5. The number of hydrogen-bond acceptors (Lipinski definition) is 6. The molecule has 0 saturated heterocycles. The summed E-state index contributed by atoms with van der Waals surface area (Å²) in [6.07, 6.45) is 1.62. The highest BCUT2D eigenvalue weighted by Gasteiger charge is 2.07. The van der Waals surface area contributed by atoms with Crippen LogP contribution in [0.3, 0.4) is 0 Å². The number of ether oxygens (including phenoxy) is 1. The SMILES string of the molecule is Cc1ccc(COc2ccc(/C=N/NC(=O)CSc3nc4ccccc4s3)cc2)cc1. The summed E-state index contributed by atoms with van der Waals surface area (Å²) in [5.41, 5.74) is 6.75. The molecule has 1 N–H and O–H groups in total. The summed E-state index contributed by atoms with van der Waals surface area (Å²) in [7, 11) is 0. The standard InChI is InChI=1S/C24H21N3O2S2/c1-17-6-8-19(9-7-17)15-29-20-12-10-18(11-13-20)14-25-27-23(28)16-30-24-26-21-4-2-3-5-22(21)31-24/h2-14H,15-16H2,1H3,(H,27,28)/b25-14+. The molecule has 4 aromatic rings. The molecule has 0 saturated carbocycles. The van der Waals surface area contributed by atoms with Crippen molar-refractivity contribution >= 4 is 45.4 Å². The van der Waals surface area contributed by atoms with E-state index in [-0.39, 0.29) is 11.7 Å². The molecule has 0 aliphatic heterocycles. The minimum atomic E-state index is -0.168. The number of amides is 1. The minimum absolute atomic E-state index is 0.168. The summed E-state index contributed by atoms with van der Waals surface area (Å²) in [5, 5.41) is 4.03. The predicted octanol–water partition coefficient (Wildman–Crippen LogP) is 5.43. The van der Waals surface area contributed by atoms with Crippen molar-refractivity contribution in [3.8, 4) is 5.75 Å². The number of fused-ring (bicyclic) bond motifs is 1. The van der Waals surface area contributed by atoms with Crippen LogP contribution >= 0.6 is 23.1 Å². The number of carbonyl (C=O) groups is 1. The van der Waals surface area contributed by atoms with Crippen molar-refractivity contribution in [1.29, 1.82) is 0 Å². The molecule has 0 spiro atoms. The summed E-state index contributed by atoms with van der Waals surface area (Å²) < 4.78 is 7.80. The first kappa shape index (κ1) is 21.1. The van der Waals surface area contributed by atoms with Crippen molar-refractivity contribution in [2.75, 3.05) is 5.75 Å². The monoisotopic (exact) mass is 447 g/mol. The normalized spacial score (nSPS) is 11.1. The fourth-order valence-corrected chi connectivity index (χ4v) is 4.61. The summed E-state index contributed by atoms with van der Waals surface area (Å²) >= 11 is 3.00. The van der Waals surface area contributed by atoms with E-state index in [2.05, 4.69) is 46.7 Å². The molecule has 1 amide bonds. The first-order valence-electron chi connectivity index (χ1n) is 9.74. The van der Waals surface area contributed by atoms with E-state index in [9.17, 15) is 4.79 Å². The van der Waals surface area contributed by atoms with Crippen LogP contribution in [0.2, 0.25) is 0 Å². The van der Waals surface area contributed by atoms with Gasteiger partial charge in [-0.15, -0.1) is 11.3 Å². The molecule has 0 radical (unpaired) electrons. The van der Waals surface area contributed by atoms with Crippen LogP contribution in [0, 0.1) is 6.92 Å². The van der Waals surface area contributed by atoms with Crippen LogP contribution in [0.5, 0.6) is 5.75 Å². The number of carbonyl (C=O) groups excluding carboxylic acids is 1. The van der Waals surface area contributed by atoms with Crippen molar-refractivity contribution in [2.45, 2.75) is 17.9 Å². The lowest BCUT2D eigenvalue weighted by atomic mass is 10.2. The Kier molecular flexibility index (Phi) is 6.96. The van der Waals surface area contributed by atoms with Gasteiger partial charge < -0.3 is 4.74 Å². The number of nitrogens with zero attached hydrogens (tertiary/aromatic N) is 2. The maximum atomic E-state index is 12.0. The first-order chi connectivity index (χ1) is 15.2. The van der Waals surface area contributed by atoms with Crippen LogP contribution in [-0.2, 0) is 11.4 Å². The van der Waals surface area contributed by atoms with E-state index in [1.165, 1.54) is 17.3 Å². The molecule has 0 bridgehead atoms. The third kappa shape index (κ3) is 6.16. The van der Waals surface area contributed by atoms with Gasteiger partial charge in [0.1, 0.15) is 12.4 Å². The van der Waals surface area contributed by atoms with Gasteiger partial charge in [-0.3, -0.25) is 4.79 Å². The van der Waals surface area contributed by atoms with E-state index in [1.54, 1.807) is 17.6 Å². The van der Waals surface area contributed by atoms with Gasteiger partial charge in [-0.05, 0) is 54.4 Å². The Labute approximate surface area is 189 Å². The highest BCUT2D eigenvalue weighted by Crippen LogP contribution is 2.29. The predicted molar refractivity (Wildman–Crippen MR) is 128 cm³/mol. The van der Waals surface area contributed by atoms with Gasteiger partial charge in [-0.2, -0.15) is 5.10 Å². The molecule has 1 aromatic heterocycles. The zero-order valence-electron chi connectivity index (χ0n) is 16.9. The highest BCUT2D eigenvalue weighted by molar-refractivity contribution is 8.01. The van der Waals surface area contributed by atoms with Crippen LogP contribution in [-0.4, -0.2) is 22.9 Å². The molecule has 5 nitrogen and oxygen atoms in total. The van der Waals surface area contributed by atoms with Gasteiger partial charge in [0.05, 0.1) is 22.2 Å². The number of aromatic nitrogens is 1. The van der Waals surface area contributed by atoms with E-state index in [0.29, 0.717) is 6.61 Å². The second-order valence-corrected chi connectivity index (χ2v) is 9.13. The lowest BCUT2D eigenvalue weighted by Crippen LogP contribution is -2.19. The Balaban J connectivity index is 1.21. The van der Waals surface area contributed by atoms with Gasteiger partial charge in [0, 0.05) is 0 Å². The Bertz CT molecular complexity index is 1150. The number of aryl methyl sites for hydroxylation is 1. The molecule has 0 aliphatic rings. The van der Waals surface area contributed by atoms with Crippen molar-refractivity contribution in [3.63, 3.8) is 0 Å². The Hall–Kier alpha value is -3.16. The summed E-state index contributed by atoms with van der Waals surface area (Å²) in [6.45, 7) is 2.59. The quantitative estimate of drug-likeness (QED) is 0.222.